The van der Waals surface area contributed by atoms with Crippen LogP contribution in [0.15, 0.2) is 12.2 Å². The normalized spacial score (nSPS) is 10.4. The number of rotatable bonds is 8. The maximum absolute atomic E-state index is 11.3. The fraction of sp³-hybridized carbons (Fsp3) is 0.727. The molecule has 0 radical (unpaired) electrons. The van der Waals surface area contributed by atoms with Crippen LogP contribution in [0.25, 0.3) is 0 Å². The third-order valence-corrected chi connectivity index (χ3v) is 1.68. The molecule has 0 aliphatic carbocycles. The van der Waals surface area contributed by atoms with Crippen molar-refractivity contribution in [3.63, 3.8) is 0 Å². The number of hydrogen-bond acceptors (Lipinski definition) is 4. The molecule has 0 N–H and O–H groups in total. The van der Waals surface area contributed by atoms with Crippen LogP contribution in [-0.2, 0) is 19.0 Å². The van der Waals surface area contributed by atoms with Crippen molar-refractivity contribution in [1.82, 2.24) is 0 Å². The minimum absolute atomic E-state index is 0.348. The van der Waals surface area contributed by atoms with E-state index in [-0.39, 0.29) is 5.97 Å². The van der Waals surface area contributed by atoms with Gasteiger partial charge in [0, 0.05) is 25.2 Å². The van der Waals surface area contributed by atoms with E-state index >= 15 is 0 Å². The van der Waals surface area contributed by atoms with Crippen molar-refractivity contribution in [3.8, 4) is 0 Å². The molecule has 0 fully saturated rings. The van der Waals surface area contributed by atoms with Gasteiger partial charge in [-0.1, -0.05) is 6.58 Å². The summed E-state index contributed by atoms with van der Waals surface area (Å²) in [6.45, 7) is 10.6. The van der Waals surface area contributed by atoms with Gasteiger partial charge >= 0.3 is 5.97 Å². The molecule has 0 saturated heterocycles. The lowest BCUT2D eigenvalue weighted by Crippen LogP contribution is -2.20. The summed E-state index contributed by atoms with van der Waals surface area (Å²) < 4.78 is 15.4. The van der Waals surface area contributed by atoms with E-state index in [9.17, 15) is 4.79 Å². The Bertz CT molecular complexity index is 195. The Morgan fingerprint density at radius 1 is 1.13 bits per heavy atom. The van der Waals surface area contributed by atoms with Gasteiger partial charge in [0.15, 0.2) is 6.29 Å². The van der Waals surface area contributed by atoms with Gasteiger partial charge in [0.1, 0.15) is 0 Å². The van der Waals surface area contributed by atoms with E-state index < -0.39 is 6.29 Å². The average molecular weight is 216 g/mol. The van der Waals surface area contributed by atoms with Gasteiger partial charge in [-0.3, -0.25) is 0 Å². The van der Waals surface area contributed by atoms with Crippen molar-refractivity contribution in [2.24, 2.45) is 0 Å². The second-order valence-corrected chi connectivity index (χ2v) is 2.87. The molecule has 0 unspecified atom stereocenters. The molecule has 0 bridgehead atoms. The molecule has 0 aromatic carbocycles. The molecule has 0 aromatic heterocycles. The number of esters is 1. The molecule has 0 atom stereocenters. The first kappa shape index (κ1) is 14.1. The van der Waals surface area contributed by atoms with Gasteiger partial charge in [0.05, 0.1) is 6.61 Å². The number of ether oxygens (including phenoxy) is 3. The van der Waals surface area contributed by atoms with Crippen LogP contribution in [0.3, 0.4) is 0 Å². The minimum Gasteiger partial charge on any atom is -0.463 e. The van der Waals surface area contributed by atoms with Crippen LogP contribution in [0.5, 0.6) is 0 Å². The summed E-state index contributed by atoms with van der Waals surface area (Å²) in [5, 5.41) is 0. The molecule has 0 aliphatic heterocycles. The molecule has 0 rings (SSSR count). The predicted molar refractivity (Wildman–Crippen MR) is 57.4 cm³/mol. The molecule has 0 heterocycles. The van der Waals surface area contributed by atoms with Crippen LogP contribution in [0.1, 0.15) is 27.2 Å². The summed E-state index contributed by atoms with van der Waals surface area (Å²) in [6, 6.07) is 0. The summed E-state index contributed by atoms with van der Waals surface area (Å²) in [4.78, 5) is 11.3. The van der Waals surface area contributed by atoms with E-state index in [1.54, 1.807) is 6.92 Å². The molecule has 0 amide bonds. The highest BCUT2D eigenvalue weighted by atomic mass is 16.7. The van der Waals surface area contributed by atoms with Crippen molar-refractivity contribution < 1.29 is 19.0 Å². The van der Waals surface area contributed by atoms with Gasteiger partial charge in [0.2, 0.25) is 0 Å². The minimum atomic E-state index is -0.406. The van der Waals surface area contributed by atoms with Gasteiger partial charge in [0.25, 0.3) is 0 Å². The quantitative estimate of drug-likeness (QED) is 0.353. The van der Waals surface area contributed by atoms with Crippen LogP contribution in [0, 0.1) is 0 Å². The van der Waals surface area contributed by atoms with Crippen molar-refractivity contribution in [1.29, 1.82) is 0 Å². The highest BCUT2D eigenvalue weighted by molar-refractivity contribution is 5.87. The average Bonchev–Trinajstić information content (AvgIpc) is 2.18. The van der Waals surface area contributed by atoms with E-state index in [4.69, 9.17) is 14.2 Å². The van der Waals surface area contributed by atoms with Gasteiger partial charge in [-0.15, -0.1) is 0 Å². The zero-order valence-corrected chi connectivity index (χ0v) is 9.75. The SMILES string of the molecule is C=C(CC(OCC)OCC)C(=O)OCC. The molecule has 0 aromatic rings. The van der Waals surface area contributed by atoms with Crippen molar-refractivity contribution in [2.45, 2.75) is 33.5 Å². The van der Waals surface area contributed by atoms with Gasteiger partial charge < -0.3 is 14.2 Å². The van der Waals surface area contributed by atoms with Gasteiger partial charge in [-0.05, 0) is 20.8 Å². The maximum atomic E-state index is 11.3. The van der Waals surface area contributed by atoms with E-state index in [2.05, 4.69) is 6.58 Å². The van der Waals surface area contributed by atoms with E-state index in [0.29, 0.717) is 31.8 Å². The molecule has 0 saturated carbocycles. The standard InChI is InChI=1S/C11H20O4/c1-5-13-10(14-6-2)8-9(4)11(12)15-7-3/h10H,4-8H2,1-3H3. The number of hydrogen-bond donors (Lipinski definition) is 0. The van der Waals surface area contributed by atoms with Gasteiger partial charge in [-0.2, -0.15) is 0 Å². The van der Waals surface area contributed by atoms with Crippen molar-refractivity contribution in [3.05, 3.63) is 12.2 Å². The van der Waals surface area contributed by atoms with Crippen LogP contribution >= 0.6 is 0 Å². The van der Waals surface area contributed by atoms with Crippen LogP contribution in [-0.4, -0.2) is 32.1 Å². The summed E-state index contributed by atoms with van der Waals surface area (Å²) in [5.74, 6) is -0.387. The molecule has 0 spiro atoms. The first-order valence-corrected chi connectivity index (χ1v) is 5.23. The van der Waals surface area contributed by atoms with E-state index in [1.807, 2.05) is 13.8 Å². The van der Waals surface area contributed by atoms with Crippen LogP contribution in [0.4, 0.5) is 0 Å². The highest BCUT2D eigenvalue weighted by Crippen LogP contribution is 2.10. The lowest BCUT2D eigenvalue weighted by molar-refractivity contribution is -0.147. The number of carbonyl (C=O) groups is 1. The topological polar surface area (TPSA) is 44.8 Å². The second kappa shape index (κ2) is 8.44. The Morgan fingerprint density at radius 3 is 2.07 bits per heavy atom. The Morgan fingerprint density at radius 2 is 1.67 bits per heavy atom. The summed E-state index contributed by atoms with van der Waals surface area (Å²) in [7, 11) is 0. The lowest BCUT2D eigenvalue weighted by Gasteiger charge is -2.17. The highest BCUT2D eigenvalue weighted by Gasteiger charge is 2.15. The Kier molecular flexibility index (Phi) is 7.95. The smallest absolute Gasteiger partial charge is 0.333 e. The van der Waals surface area contributed by atoms with Crippen LogP contribution in [0.2, 0.25) is 0 Å². The first-order valence-electron chi connectivity index (χ1n) is 5.23. The molecule has 4 heteroatoms. The van der Waals surface area contributed by atoms with Gasteiger partial charge in [-0.25, -0.2) is 4.79 Å². The maximum Gasteiger partial charge on any atom is 0.333 e. The lowest BCUT2D eigenvalue weighted by atomic mass is 10.2. The van der Waals surface area contributed by atoms with E-state index in [0.717, 1.165) is 0 Å². The molecular formula is C11H20O4. The molecule has 4 nitrogen and oxygen atoms in total. The van der Waals surface area contributed by atoms with E-state index in [1.165, 1.54) is 0 Å². The summed E-state index contributed by atoms with van der Waals surface area (Å²) >= 11 is 0. The zero-order chi connectivity index (χ0) is 11.7. The van der Waals surface area contributed by atoms with Crippen molar-refractivity contribution in [2.75, 3.05) is 19.8 Å². The third kappa shape index (κ3) is 6.25. The largest absolute Gasteiger partial charge is 0.463 e. The Labute approximate surface area is 91.2 Å². The summed E-state index contributed by atoms with van der Waals surface area (Å²) in [6.07, 6.45) is -0.0579. The molecule has 88 valence electrons. The second-order valence-electron chi connectivity index (χ2n) is 2.87. The Balaban J connectivity index is 4.03. The first-order chi connectivity index (χ1) is 7.15. The Hall–Kier alpha value is -0.870. The molecular weight excluding hydrogens is 196 g/mol. The van der Waals surface area contributed by atoms with Crippen molar-refractivity contribution >= 4 is 5.97 Å². The fourth-order valence-electron chi connectivity index (χ4n) is 1.06. The molecule has 15 heavy (non-hydrogen) atoms. The third-order valence-electron chi connectivity index (χ3n) is 1.68. The summed E-state index contributed by atoms with van der Waals surface area (Å²) in [5.41, 5.74) is 0.378. The zero-order valence-electron chi connectivity index (χ0n) is 9.75. The molecule has 0 aliphatic rings. The van der Waals surface area contributed by atoms with Crippen LogP contribution < -0.4 is 0 Å². The fourth-order valence-corrected chi connectivity index (χ4v) is 1.06. The number of carbonyl (C=O) groups excluding carboxylic acids is 1. The predicted octanol–water partition coefficient (Wildman–Crippen LogP) is 1.89. The monoisotopic (exact) mass is 216 g/mol.